The molecule has 162 valence electrons. The number of nitrogens with zero attached hydrogens (tertiary/aromatic N) is 1. The van der Waals surface area contributed by atoms with Gasteiger partial charge in [-0.25, -0.2) is 0 Å². The largest absolute Gasteiger partial charge is 0.496 e. The molecule has 1 heterocycles. The van der Waals surface area contributed by atoms with E-state index >= 15 is 0 Å². The first-order valence-electron chi connectivity index (χ1n) is 12.5. The zero-order chi connectivity index (χ0) is 20.6. The van der Waals surface area contributed by atoms with E-state index in [2.05, 4.69) is 24.3 Å². The molecule has 0 aliphatic heterocycles. The maximum atomic E-state index is 5.99. The minimum absolute atomic E-state index is 0.589. The molecular weight excluding hydrogens is 366 g/mol. The second kappa shape index (κ2) is 11.0. The molecule has 0 atom stereocenters. The zero-order valence-corrected chi connectivity index (χ0v) is 18.9. The number of hydrogen-bond donors (Lipinski definition) is 0. The lowest BCUT2D eigenvalue weighted by Crippen LogP contribution is -2.11. The van der Waals surface area contributed by atoms with Crippen LogP contribution in [0.1, 0.15) is 113 Å². The fourth-order valence-corrected chi connectivity index (χ4v) is 5.85. The summed E-state index contributed by atoms with van der Waals surface area (Å²) in [6, 6.07) is 11.0. The highest BCUT2D eigenvalue weighted by molar-refractivity contribution is 5.73. The smallest absolute Gasteiger partial charge is 0.123 e. The Morgan fingerprint density at radius 1 is 0.700 bits per heavy atom. The van der Waals surface area contributed by atoms with Crippen LogP contribution >= 0.6 is 0 Å². The summed E-state index contributed by atoms with van der Waals surface area (Å²) in [5.41, 5.74) is 5.54. The van der Waals surface area contributed by atoms with Gasteiger partial charge in [0.25, 0.3) is 0 Å². The Balaban J connectivity index is 1.83. The van der Waals surface area contributed by atoms with Crippen molar-refractivity contribution in [2.45, 2.75) is 102 Å². The van der Waals surface area contributed by atoms with Gasteiger partial charge < -0.3 is 4.74 Å². The number of hydrogen-bond acceptors (Lipinski definition) is 2. The third kappa shape index (κ3) is 5.07. The summed E-state index contributed by atoms with van der Waals surface area (Å²) >= 11 is 0. The van der Waals surface area contributed by atoms with Crippen molar-refractivity contribution in [2.75, 3.05) is 7.11 Å². The standard InChI is InChI=1S/C28H39NO/c1-30-26-20-19-24(22-14-8-4-2-5-9-15-22)28(25-18-12-13-21-29-25)27(26)23-16-10-6-3-7-11-17-23/h12-13,18-23H,2-11,14-17H2,1H3. The summed E-state index contributed by atoms with van der Waals surface area (Å²) < 4.78 is 5.99. The van der Waals surface area contributed by atoms with E-state index in [1.807, 2.05) is 19.4 Å². The van der Waals surface area contributed by atoms with Crippen LogP contribution in [0.15, 0.2) is 36.5 Å². The van der Waals surface area contributed by atoms with Gasteiger partial charge in [0.2, 0.25) is 0 Å². The van der Waals surface area contributed by atoms with Gasteiger partial charge in [-0.15, -0.1) is 0 Å². The maximum Gasteiger partial charge on any atom is 0.123 e. The second-order valence-corrected chi connectivity index (χ2v) is 9.44. The summed E-state index contributed by atoms with van der Waals surface area (Å²) in [5.74, 6) is 2.32. The van der Waals surface area contributed by atoms with Crippen molar-refractivity contribution in [1.29, 1.82) is 0 Å². The van der Waals surface area contributed by atoms with Crippen LogP contribution in [0.4, 0.5) is 0 Å². The number of aromatic nitrogens is 1. The molecule has 2 heteroatoms. The Morgan fingerprint density at radius 3 is 1.87 bits per heavy atom. The molecule has 1 aromatic heterocycles. The van der Waals surface area contributed by atoms with E-state index in [0.717, 1.165) is 11.4 Å². The van der Waals surface area contributed by atoms with Crippen molar-refractivity contribution < 1.29 is 4.74 Å². The third-order valence-corrected chi connectivity index (χ3v) is 7.44. The summed E-state index contributed by atoms with van der Waals surface area (Å²) in [5, 5.41) is 0. The van der Waals surface area contributed by atoms with Crippen molar-refractivity contribution in [2.24, 2.45) is 0 Å². The Hall–Kier alpha value is -1.83. The van der Waals surface area contributed by atoms with Crippen molar-refractivity contribution in [3.8, 4) is 17.0 Å². The molecule has 2 aliphatic carbocycles. The Morgan fingerprint density at radius 2 is 1.30 bits per heavy atom. The van der Waals surface area contributed by atoms with Crippen LogP contribution in [0.3, 0.4) is 0 Å². The van der Waals surface area contributed by atoms with E-state index in [1.165, 1.54) is 107 Å². The van der Waals surface area contributed by atoms with E-state index in [-0.39, 0.29) is 0 Å². The highest BCUT2D eigenvalue weighted by Crippen LogP contribution is 2.46. The van der Waals surface area contributed by atoms with Gasteiger partial charge in [-0.2, -0.15) is 0 Å². The zero-order valence-electron chi connectivity index (χ0n) is 18.9. The maximum absolute atomic E-state index is 5.99. The molecule has 4 rings (SSSR count). The van der Waals surface area contributed by atoms with Crippen LogP contribution in [-0.4, -0.2) is 12.1 Å². The van der Waals surface area contributed by atoms with Crippen LogP contribution in [0, 0.1) is 0 Å². The van der Waals surface area contributed by atoms with E-state index in [0.29, 0.717) is 11.8 Å². The molecule has 0 radical (unpaired) electrons. The summed E-state index contributed by atoms with van der Waals surface area (Å²) in [7, 11) is 1.85. The molecule has 0 bridgehead atoms. The molecule has 2 saturated carbocycles. The highest BCUT2D eigenvalue weighted by atomic mass is 16.5. The van der Waals surface area contributed by atoms with E-state index < -0.39 is 0 Å². The van der Waals surface area contributed by atoms with Gasteiger partial charge in [0.1, 0.15) is 5.75 Å². The first-order chi connectivity index (χ1) is 14.9. The molecule has 0 amide bonds. The minimum Gasteiger partial charge on any atom is -0.496 e. The molecule has 0 saturated heterocycles. The Labute approximate surface area is 183 Å². The van der Waals surface area contributed by atoms with E-state index in [1.54, 1.807) is 0 Å². The van der Waals surface area contributed by atoms with Crippen molar-refractivity contribution in [3.63, 3.8) is 0 Å². The van der Waals surface area contributed by atoms with Gasteiger partial charge in [0.05, 0.1) is 12.8 Å². The quantitative estimate of drug-likeness (QED) is 0.509. The van der Waals surface area contributed by atoms with Gasteiger partial charge in [0, 0.05) is 17.3 Å². The summed E-state index contributed by atoms with van der Waals surface area (Å²) in [4.78, 5) is 4.86. The monoisotopic (exact) mass is 405 g/mol. The predicted molar refractivity (Wildman–Crippen MR) is 126 cm³/mol. The van der Waals surface area contributed by atoms with Crippen molar-refractivity contribution in [1.82, 2.24) is 4.98 Å². The highest BCUT2D eigenvalue weighted by Gasteiger charge is 2.27. The first kappa shape index (κ1) is 21.4. The van der Waals surface area contributed by atoms with Crippen LogP contribution in [0.2, 0.25) is 0 Å². The molecule has 0 N–H and O–H groups in total. The van der Waals surface area contributed by atoms with Crippen molar-refractivity contribution in [3.05, 3.63) is 47.7 Å². The number of pyridine rings is 1. The van der Waals surface area contributed by atoms with E-state index in [4.69, 9.17) is 9.72 Å². The second-order valence-electron chi connectivity index (χ2n) is 9.44. The normalized spacial score (nSPS) is 20.0. The number of benzene rings is 1. The fraction of sp³-hybridized carbons (Fsp3) is 0.607. The number of ether oxygens (including phenoxy) is 1. The summed E-state index contributed by atoms with van der Waals surface area (Å²) in [6.07, 6.45) is 20.9. The summed E-state index contributed by atoms with van der Waals surface area (Å²) in [6.45, 7) is 0. The van der Waals surface area contributed by atoms with Gasteiger partial charge in [-0.3, -0.25) is 4.98 Å². The lowest BCUT2D eigenvalue weighted by Gasteiger charge is -2.29. The third-order valence-electron chi connectivity index (χ3n) is 7.44. The topological polar surface area (TPSA) is 22.1 Å². The molecule has 0 unspecified atom stereocenters. The predicted octanol–water partition coefficient (Wildman–Crippen LogP) is 8.41. The number of rotatable bonds is 4. The van der Waals surface area contributed by atoms with E-state index in [9.17, 15) is 0 Å². The average Bonchev–Trinajstić information content (AvgIpc) is 2.73. The molecule has 0 spiro atoms. The molecular formula is C28H39NO. The SMILES string of the molecule is COc1ccc(C2CCCCCCC2)c(-c2ccccn2)c1C1CCCCCCC1. The molecule has 2 nitrogen and oxygen atoms in total. The lowest BCUT2D eigenvalue weighted by atomic mass is 9.77. The van der Waals surface area contributed by atoms with Crippen LogP contribution in [-0.2, 0) is 0 Å². The van der Waals surface area contributed by atoms with Crippen LogP contribution in [0.25, 0.3) is 11.3 Å². The van der Waals surface area contributed by atoms with Gasteiger partial charge >= 0.3 is 0 Å². The van der Waals surface area contributed by atoms with Crippen LogP contribution in [0.5, 0.6) is 5.75 Å². The minimum atomic E-state index is 0.589. The molecule has 30 heavy (non-hydrogen) atoms. The van der Waals surface area contributed by atoms with Crippen LogP contribution < -0.4 is 4.74 Å². The molecule has 2 aliphatic rings. The van der Waals surface area contributed by atoms with Crippen molar-refractivity contribution >= 4 is 0 Å². The van der Waals surface area contributed by atoms with Gasteiger partial charge in [-0.05, 0) is 61.3 Å². The average molecular weight is 406 g/mol. The van der Waals surface area contributed by atoms with Gasteiger partial charge in [-0.1, -0.05) is 76.3 Å². The fourth-order valence-electron chi connectivity index (χ4n) is 5.85. The molecule has 2 fully saturated rings. The first-order valence-corrected chi connectivity index (χ1v) is 12.5. The van der Waals surface area contributed by atoms with Gasteiger partial charge in [0.15, 0.2) is 0 Å². The molecule has 1 aromatic carbocycles. The molecule has 2 aromatic rings. The Bertz CT molecular complexity index is 769. The Kier molecular flexibility index (Phi) is 7.83. The lowest BCUT2D eigenvalue weighted by molar-refractivity contribution is 0.391. The number of methoxy groups -OCH3 is 1.